The van der Waals surface area contributed by atoms with E-state index in [2.05, 4.69) is 4.98 Å². The molecule has 20 heavy (non-hydrogen) atoms. The molecule has 2 aromatic carbocycles. The van der Waals surface area contributed by atoms with Gasteiger partial charge in [0.05, 0.1) is 16.6 Å². The van der Waals surface area contributed by atoms with Crippen molar-refractivity contribution < 1.29 is 0 Å². The molecule has 0 amide bonds. The monoisotopic (exact) mass is 286 g/mol. The van der Waals surface area contributed by atoms with E-state index in [0.29, 0.717) is 21.6 Å². The van der Waals surface area contributed by atoms with Gasteiger partial charge in [0.25, 0.3) is 5.56 Å². The highest BCUT2D eigenvalue weighted by Gasteiger charge is 2.10. The normalized spacial score (nSPS) is 10.9. The van der Waals surface area contributed by atoms with Crippen molar-refractivity contribution in [2.24, 2.45) is 0 Å². The lowest BCUT2D eigenvalue weighted by Gasteiger charge is -2.08. The molecule has 0 aliphatic carbocycles. The number of rotatable bonds is 1. The first-order chi connectivity index (χ1) is 9.58. The van der Waals surface area contributed by atoms with Gasteiger partial charge in [-0.25, -0.2) is 9.36 Å². The molecule has 0 aliphatic rings. The number of aromatic amines is 1. The third kappa shape index (κ3) is 1.94. The zero-order valence-corrected chi connectivity index (χ0v) is 11.4. The Hall–Kier alpha value is -2.33. The van der Waals surface area contributed by atoms with E-state index in [-0.39, 0.29) is 5.56 Å². The molecule has 1 aromatic heterocycles. The van der Waals surface area contributed by atoms with Crippen LogP contribution in [0.1, 0.15) is 5.56 Å². The molecular formula is C15H11ClN2O2. The number of nitrogens with zero attached hydrogens (tertiary/aromatic N) is 1. The zero-order valence-electron chi connectivity index (χ0n) is 10.7. The maximum Gasteiger partial charge on any atom is 0.333 e. The van der Waals surface area contributed by atoms with E-state index in [0.717, 1.165) is 10.1 Å². The Morgan fingerprint density at radius 1 is 1.10 bits per heavy atom. The van der Waals surface area contributed by atoms with Gasteiger partial charge in [0.1, 0.15) is 0 Å². The third-order valence-electron chi connectivity index (χ3n) is 3.21. The molecule has 100 valence electrons. The number of hydrogen-bond acceptors (Lipinski definition) is 2. The van der Waals surface area contributed by atoms with Crippen LogP contribution >= 0.6 is 11.6 Å². The third-order valence-corrected chi connectivity index (χ3v) is 3.44. The Kier molecular flexibility index (Phi) is 2.95. The number of hydrogen-bond donors (Lipinski definition) is 1. The molecule has 0 unspecified atom stereocenters. The van der Waals surface area contributed by atoms with Crippen LogP contribution in [0.4, 0.5) is 0 Å². The van der Waals surface area contributed by atoms with E-state index >= 15 is 0 Å². The van der Waals surface area contributed by atoms with E-state index in [1.54, 1.807) is 36.4 Å². The minimum atomic E-state index is -0.473. The van der Waals surface area contributed by atoms with Crippen LogP contribution in [0, 0.1) is 6.92 Å². The first-order valence-electron chi connectivity index (χ1n) is 6.08. The van der Waals surface area contributed by atoms with Crippen molar-refractivity contribution >= 4 is 22.5 Å². The molecular weight excluding hydrogens is 276 g/mol. The van der Waals surface area contributed by atoms with Gasteiger partial charge in [0.2, 0.25) is 0 Å². The molecule has 1 N–H and O–H groups in total. The summed E-state index contributed by atoms with van der Waals surface area (Å²) in [5.74, 6) is 0. The van der Waals surface area contributed by atoms with Crippen molar-refractivity contribution in [3.63, 3.8) is 0 Å². The second-order valence-electron chi connectivity index (χ2n) is 4.55. The van der Waals surface area contributed by atoms with Crippen LogP contribution in [-0.4, -0.2) is 9.55 Å². The number of fused-ring (bicyclic) bond motifs is 1. The molecule has 0 atom stereocenters. The lowest BCUT2D eigenvalue weighted by atomic mass is 10.1. The Morgan fingerprint density at radius 3 is 2.60 bits per heavy atom. The smallest absolute Gasteiger partial charge is 0.306 e. The first kappa shape index (κ1) is 12.7. The van der Waals surface area contributed by atoms with Crippen molar-refractivity contribution in [2.45, 2.75) is 6.92 Å². The van der Waals surface area contributed by atoms with Crippen LogP contribution < -0.4 is 11.2 Å². The molecule has 4 nitrogen and oxygen atoms in total. The van der Waals surface area contributed by atoms with Crippen molar-refractivity contribution in [3.05, 3.63) is 73.9 Å². The van der Waals surface area contributed by atoms with Gasteiger partial charge in [0, 0.05) is 5.02 Å². The van der Waals surface area contributed by atoms with E-state index in [1.807, 2.05) is 13.0 Å². The van der Waals surface area contributed by atoms with E-state index < -0.39 is 5.69 Å². The van der Waals surface area contributed by atoms with Crippen LogP contribution in [0.5, 0.6) is 0 Å². The van der Waals surface area contributed by atoms with E-state index in [4.69, 9.17) is 11.6 Å². The second-order valence-corrected chi connectivity index (χ2v) is 4.98. The van der Waals surface area contributed by atoms with Gasteiger partial charge in [-0.3, -0.25) is 4.79 Å². The minimum absolute atomic E-state index is 0.352. The minimum Gasteiger partial charge on any atom is -0.306 e. The molecule has 3 rings (SSSR count). The molecule has 5 heteroatoms. The van der Waals surface area contributed by atoms with Gasteiger partial charge < -0.3 is 4.98 Å². The highest BCUT2D eigenvalue weighted by molar-refractivity contribution is 6.30. The summed E-state index contributed by atoms with van der Waals surface area (Å²) in [6.07, 6.45) is 0. The number of benzene rings is 2. The van der Waals surface area contributed by atoms with Gasteiger partial charge in [-0.2, -0.15) is 0 Å². The zero-order chi connectivity index (χ0) is 14.3. The Balaban J connectivity index is 2.44. The standard InChI is InChI=1S/C15H11ClN2O2/c1-9-4-2-7-12-13(9)17-15(20)18(14(12)19)11-6-3-5-10(16)8-11/h2-8H,1H3,(H,17,20). The van der Waals surface area contributed by atoms with Crippen molar-refractivity contribution in [1.29, 1.82) is 0 Å². The van der Waals surface area contributed by atoms with Crippen LogP contribution in [0.2, 0.25) is 5.02 Å². The Labute approximate surface area is 119 Å². The Bertz CT molecular complexity index is 925. The van der Waals surface area contributed by atoms with Crippen molar-refractivity contribution in [3.8, 4) is 5.69 Å². The van der Waals surface area contributed by atoms with Crippen LogP contribution in [0.15, 0.2) is 52.1 Å². The summed E-state index contributed by atoms with van der Waals surface area (Å²) in [6, 6.07) is 12.0. The summed E-state index contributed by atoms with van der Waals surface area (Å²) in [6.45, 7) is 1.85. The average molecular weight is 287 g/mol. The molecule has 0 spiro atoms. The van der Waals surface area contributed by atoms with Crippen LogP contribution in [-0.2, 0) is 0 Å². The summed E-state index contributed by atoms with van der Waals surface area (Å²) in [4.78, 5) is 27.4. The number of aromatic nitrogens is 2. The van der Waals surface area contributed by atoms with E-state index in [9.17, 15) is 9.59 Å². The van der Waals surface area contributed by atoms with Crippen molar-refractivity contribution in [1.82, 2.24) is 9.55 Å². The number of H-pyrrole nitrogens is 1. The average Bonchev–Trinajstić information content (AvgIpc) is 2.40. The summed E-state index contributed by atoms with van der Waals surface area (Å²) in [5.41, 5.74) is 1.05. The van der Waals surface area contributed by atoms with Gasteiger partial charge in [-0.15, -0.1) is 0 Å². The molecule has 0 fully saturated rings. The van der Waals surface area contributed by atoms with Crippen LogP contribution in [0.3, 0.4) is 0 Å². The number of nitrogens with one attached hydrogen (secondary N) is 1. The summed E-state index contributed by atoms with van der Waals surface area (Å²) < 4.78 is 1.09. The summed E-state index contributed by atoms with van der Waals surface area (Å²) in [5, 5.41) is 0.947. The SMILES string of the molecule is Cc1cccc2c(=O)n(-c3cccc(Cl)c3)c(=O)[nH]c12. The fraction of sp³-hybridized carbons (Fsp3) is 0.0667. The largest absolute Gasteiger partial charge is 0.333 e. The molecule has 3 aromatic rings. The van der Waals surface area contributed by atoms with Crippen LogP contribution in [0.25, 0.3) is 16.6 Å². The molecule has 0 saturated heterocycles. The molecule has 0 radical (unpaired) electrons. The maximum atomic E-state index is 12.5. The highest BCUT2D eigenvalue weighted by Crippen LogP contribution is 2.14. The lowest BCUT2D eigenvalue weighted by molar-refractivity contribution is 0.900. The van der Waals surface area contributed by atoms with E-state index in [1.165, 1.54) is 0 Å². The fourth-order valence-corrected chi connectivity index (χ4v) is 2.42. The Morgan fingerprint density at radius 2 is 1.85 bits per heavy atom. The predicted molar refractivity (Wildman–Crippen MR) is 79.9 cm³/mol. The summed E-state index contributed by atoms with van der Waals surface area (Å²) in [7, 11) is 0. The van der Waals surface area contributed by atoms with Gasteiger partial charge in [0.15, 0.2) is 0 Å². The van der Waals surface area contributed by atoms with Gasteiger partial charge in [-0.05, 0) is 36.8 Å². The fourth-order valence-electron chi connectivity index (χ4n) is 2.24. The molecule has 0 bridgehead atoms. The topological polar surface area (TPSA) is 54.9 Å². The predicted octanol–water partition coefficient (Wildman–Crippen LogP) is 2.64. The maximum absolute atomic E-state index is 12.5. The quantitative estimate of drug-likeness (QED) is 0.748. The van der Waals surface area contributed by atoms with Crippen molar-refractivity contribution in [2.75, 3.05) is 0 Å². The number of halogens is 1. The first-order valence-corrected chi connectivity index (χ1v) is 6.46. The number of para-hydroxylation sites is 1. The molecule has 0 saturated carbocycles. The molecule has 1 heterocycles. The number of aryl methyl sites for hydroxylation is 1. The van der Waals surface area contributed by atoms with Gasteiger partial charge >= 0.3 is 5.69 Å². The highest BCUT2D eigenvalue weighted by atomic mass is 35.5. The van der Waals surface area contributed by atoms with Gasteiger partial charge in [-0.1, -0.05) is 29.8 Å². The second kappa shape index (κ2) is 4.65. The lowest BCUT2D eigenvalue weighted by Crippen LogP contribution is -2.33. The molecule has 0 aliphatic heterocycles. The summed E-state index contributed by atoms with van der Waals surface area (Å²) >= 11 is 5.92.